The number of rotatable bonds is 6. The number of hydrogen-bond donors (Lipinski definition) is 2. The fourth-order valence-corrected chi connectivity index (χ4v) is 1.86. The van der Waals surface area contributed by atoms with Gasteiger partial charge in [-0.2, -0.15) is 0 Å². The van der Waals surface area contributed by atoms with Gasteiger partial charge in [0.15, 0.2) is 6.10 Å². The van der Waals surface area contributed by atoms with E-state index >= 15 is 0 Å². The Kier molecular flexibility index (Phi) is 6.26. The molecule has 5 nitrogen and oxygen atoms in total. The molecule has 0 aliphatic carbocycles. The third-order valence-corrected chi connectivity index (χ3v) is 3.60. The summed E-state index contributed by atoms with van der Waals surface area (Å²) in [6, 6.07) is 4.92. The second kappa shape index (κ2) is 7.47. The lowest BCUT2D eigenvalue weighted by atomic mass is 10.0. The van der Waals surface area contributed by atoms with Gasteiger partial charge >= 0.3 is 5.97 Å². The molecule has 1 rings (SSSR count). The summed E-state index contributed by atoms with van der Waals surface area (Å²) in [4.78, 5) is 22.7. The van der Waals surface area contributed by atoms with Crippen molar-refractivity contribution >= 4 is 35.1 Å². The number of carbonyl (C=O) groups excluding carboxylic acids is 1. The molecule has 1 aromatic rings. The number of nitrogens with one attached hydrogen (secondary N) is 1. The highest BCUT2D eigenvalue weighted by molar-refractivity contribution is 6.42. The Hall–Kier alpha value is -1.30. The van der Waals surface area contributed by atoms with Crippen LogP contribution < -0.4 is 5.32 Å². The van der Waals surface area contributed by atoms with Gasteiger partial charge in [-0.15, -0.1) is 0 Å². The van der Waals surface area contributed by atoms with Crippen LogP contribution in [0.1, 0.15) is 18.4 Å². The molecule has 2 atom stereocenters. The van der Waals surface area contributed by atoms with Crippen molar-refractivity contribution < 1.29 is 19.4 Å². The van der Waals surface area contributed by atoms with Crippen molar-refractivity contribution in [2.24, 2.45) is 0 Å². The molecule has 2 N–H and O–H groups in total. The predicted molar refractivity (Wildman–Crippen MR) is 76.3 cm³/mol. The smallest absolute Gasteiger partial charge is 0.334 e. The van der Waals surface area contributed by atoms with Crippen molar-refractivity contribution in [3.63, 3.8) is 0 Å². The molecule has 20 heavy (non-hydrogen) atoms. The average Bonchev–Trinajstić information content (AvgIpc) is 2.41. The second-order valence-corrected chi connectivity index (χ2v) is 5.02. The quantitative estimate of drug-likeness (QED) is 0.843. The van der Waals surface area contributed by atoms with E-state index < -0.39 is 18.0 Å². The number of hydrogen-bond acceptors (Lipinski definition) is 3. The largest absolute Gasteiger partial charge is 0.479 e. The Bertz CT molecular complexity index is 507. The Morgan fingerprint density at radius 2 is 2.00 bits per heavy atom. The molecular formula is C13H15Cl2NO4. The van der Waals surface area contributed by atoms with E-state index in [1.165, 1.54) is 7.11 Å². The lowest BCUT2D eigenvalue weighted by Gasteiger charge is -2.15. The van der Waals surface area contributed by atoms with Gasteiger partial charge in [-0.3, -0.25) is 4.79 Å². The van der Waals surface area contributed by atoms with Crippen LogP contribution in [0.3, 0.4) is 0 Å². The molecule has 7 heteroatoms. The summed E-state index contributed by atoms with van der Waals surface area (Å²) in [6.07, 6.45) is -1.07. The molecule has 110 valence electrons. The minimum Gasteiger partial charge on any atom is -0.479 e. The summed E-state index contributed by atoms with van der Waals surface area (Å²) in [6.45, 7) is 1.59. The maximum absolute atomic E-state index is 11.9. The predicted octanol–water partition coefficient (Wildman–Crippen LogP) is 2.31. The summed E-state index contributed by atoms with van der Waals surface area (Å²) < 4.78 is 4.73. The monoisotopic (exact) mass is 319 g/mol. The molecule has 0 aromatic heterocycles. The number of carboxylic acid groups (broad SMARTS) is 1. The van der Waals surface area contributed by atoms with Gasteiger partial charge in [0, 0.05) is 7.11 Å². The molecule has 0 aliphatic heterocycles. The van der Waals surface area contributed by atoms with Crippen molar-refractivity contribution in [1.29, 1.82) is 0 Å². The zero-order valence-electron chi connectivity index (χ0n) is 11.0. The highest BCUT2D eigenvalue weighted by atomic mass is 35.5. The van der Waals surface area contributed by atoms with E-state index in [9.17, 15) is 9.59 Å². The number of aliphatic carboxylic acids is 1. The van der Waals surface area contributed by atoms with E-state index in [-0.39, 0.29) is 12.5 Å². The third kappa shape index (κ3) is 4.37. The summed E-state index contributed by atoms with van der Waals surface area (Å²) in [5, 5.41) is 12.1. The number of halogens is 2. The van der Waals surface area contributed by atoms with E-state index in [4.69, 9.17) is 33.0 Å². The summed E-state index contributed by atoms with van der Waals surface area (Å²) in [5.41, 5.74) is 0.696. The summed E-state index contributed by atoms with van der Waals surface area (Å²) in [7, 11) is 1.27. The molecular weight excluding hydrogens is 305 g/mol. The molecule has 0 saturated heterocycles. The Morgan fingerprint density at radius 1 is 1.35 bits per heavy atom. The van der Waals surface area contributed by atoms with Gasteiger partial charge in [0.25, 0.3) is 0 Å². The highest BCUT2D eigenvalue weighted by Crippen LogP contribution is 2.26. The lowest BCUT2D eigenvalue weighted by molar-refractivity contribution is -0.148. The van der Waals surface area contributed by atoms with Crippen LogP contribution in [0.2, 0.25) is 10.0 Å². The first-order valence-electron chi connectivity index (χ1n) is 5.85. The minimum absolute atomic E-state index is 0.101. The molecule has 0 spiro atoms. The Labute approximate surface area is 126 Å². The number of methoxy groups -OCH3 is 1. The van der Waals surface area contributed by atoms with E-state index in [2.05, 4.69) is 5.32 Å². The van der Waals surface area contributed by atoms with Crippen LogP contribution in [-0.4, -0.2) is 36.7 Å². The number of amides is 1. The van der Waals surface area contributed by atoms with Crippen molar-refractivity contribution in [2.75, 3.05) is 13.7 Å². The lowest BCUT2D eigenvalue weighted by Crippen LogP contribution is -2.39. The first-order valence-corrected chi connectivity index (χ1v) is 6.60. The van der Waals surface area contributed by atoms with E-state index in [1.54, 1.807) is 25.1 Å². The van der Waals surface area contributed by atoms with Crippen molar-refractivity contribution in [3.8, 4) is 0 Å². The highest BCUT2D eigenvalue weighted by Gasteiger charge is 2.20. The first kappa shape index (κ1) is 16.8. The standard InChI is InChI=1S/C13H15Cl2NO4/c1-7(8-3-4-9(14)10(15)5-8)12(17)16-6-11(20-2)13(18)19/h3-5,7,11H,6H2,1-2H3,(H,16,17)(H,18,19). The van der Waals surface area contributed by atoms with E-state index in [0.29, 0.717) is 15.6 Å². The van der Waals surface area contributed by atoms with Gasteiger partial charge in [-0.1, -0.05) is 29.3 Å². The molecule has 0 bridgehead atoms. The van der Waals surface area contributed by atoms with Crippen molar-refractivity contribution in [1.82, 2.24) is 5.32 Å². The van der Waals surface area contributed by atoms with Gasteiger partial charge in [0.1, 0.15) is 0 Å². The van der Waals surface area contributed by atoms with Crippen molar-refractivity contribution in [3.05, 3.63) is 33.8 Å². The number of carboxylic acids is 1. The molecule has 2 unspecified atom stereocenters. The fourth-order valence-electron chi connectivity index (χ4n) is 1.55. The van der Waals surface area contributed by atoms with E-state index in [1.807, 2.05) is 0 Å². The maximum Gasteiger partial charge on any atom is 0.334 e. The second-order valence-electron chi connectivity index (χ2n) is 4.20. The third-order valence-electron chi connectivity index (χ3n) is 2.86. The number of ether oxygens (including phenoxy) is 1. The van der Waals surface area contributed by atoms with Gasteiger partial charge in [0.2, 0.25) is 5.91 Å². The zero-order valence-corrected chi connectivity index (χ0v) is 12.5. The van der Waals surface area contributed by atoms with Gasteiger partial charge in [0.05, 0.1) is 22.5 Å². The average molecular weight is 320 g/mol. The van der Waals surface area contributed by atoms with Crippen LogP contribution in [-0.2, 0) is 14.3 Å². The molecule has 0 fully saturated rings. The maximum atomic E-state index is 11.9. The Morgan fingerprint density at radius 3 is 2.50 bits per heavy atom. The fraction of sp³-hybridized carbons (Fsp3) is 0.385. The molecule has 0 saturated carbocycles. The number of carbonyl (C=O) groups is 2. The Balaban J connectivity index is 2.67. The van der Waals surface area contributed by atoms with Crippen LogP contribution in [0, 0.1) is 0 Å². The molecule has 0 aliphatic rings. The molecule has 1 amide bonds. The molecule has 0 heterocycles. The van der Waals surface area contributed by atoms with E-state index in [0.717, 1.165) is 0 Å². The van der Waals surface area contributed by atoms with Crippen LogP contribution in [0.5, 0.6) is 0 Å². The molecule has 1 aromatic carbocycles. The van der Waals surface area contributed by atoms with Gasteiger partial charge < -0.3 is 15.2 Å². The van der Waals surface area contributed by atoms with Crippen molar-refractivity contribution in [2.45, 2.75) is 18.9 Å². The first-order chi connectivity index (χ1) is 9.36. The van der Waals surface area contributed by atoms with Crippen LogP contribution in [0.25, 0.3) is 0 Å². The van der Waals surface area contributed by atoms with Gasteiger partial charge in [-0.05, 0) is 24.6 Å². The normalized spacial score (nSPS) is 13.6. The summed E-state index contributed by atoms with van der Waals surface area (Å²) in [5.74, 6) is -1.92. The topological polar surface area (TPSA) is 75.6 Å². The summed E-state index contributed by atoms with van der Waals surface area (Å²) >= 11 is 11.7. The van der Waals surface area contributed by atoms with Crippen LogP contribution >= 0.6 is 23.2 Å². The van der Waals surface area contributed by atoms with Crippen LogP contribution in [0.15, 0.2) is 18.2 Å². The zero-order chi connectivity index (χ0) is 15.3. The van der Waals surface area contributed by atoms with Crippen LogP contribution in [0.4, 0.5) is 0 Å². The van der Waals surface area contributed by atoms with Gasteiger partial charge in [-0.25, -0.2) is 4.79 Å². The minimum atomic E-state index is -1.13. The number of benzene rings is 1. The molecule has 0 radical (unpaired) electrons. The SMILES string of the molecule is COC(CNC(=O)C(C)c1ccc(Cl)c(Cl)c1)C(=O)O.